The summed E-state index contributed by atoms with van der Waals surface area (Å²) in [6, 6.07) is 13.3. The monoisotopic (exact) mass is 384 g/mol. The molecule has 2 aromatic rings. The van der Waals surface area contributed by atoms with E-state index in [4.69, 9.17) is 0 Å². The van der Waals surface area contributed by atoms with Gasteiger partial charge in [0.2, 0.25) is 11.8 Å². The molecule has 2 aromatic carbocycles. The molecule has 0 aliphatic rings. The number of benzene rings is 2. The van der Waals surface area contributed by atoms with E-state index in [0.29, 0.717) is 5.56 Å². The maximum Gasteiger partial charge on any atom is 0.242 e. The zero-order valence-electron chi connectivity index (χ0n) is 17.0. The molecular formula is C23H29FN2O2. The molecule has 4 nitrogen and oxygen atoms in total. The van der Waals surface area contributed by atoms with Crippen LogP contribution in [0.1, 0.15) is 43.9 Å². The number of aryl methyl sites for hydroxylation is 1. The molecule has 28 heavy (non-hydrogen) atoms. The topological polar surface area (TPSA) is 49.4 Å². The fraction of sp³-hybridized carbons (Fsp3) is 0.391. The summed E-state index contributed by atoms with van der Waals surface area (Å²) in [4.78, 5) is 27.1. The maximum atomic E-state index is 14.2. The van der Waals surface area contributed by atoms with Crippen molar-refractivity contribution < 1.29 is 14.0 Å². The third-order valence-electron chi connectivity index (χ3n) is 4.94. The van der Waals surface area contributed by atoms with E-state index in [2.05, 4.69) is 5.32 Å². The van der Waals surface area contributed by atoms with Gasteiger partial charge in [0.15, 0.2) is 0 Å². The molecule has 0 bridgehead atoms. The SMILES string of the molecule is CCC(C)NC(=O)C(C)N(Cc1ccccc1F)C(=O)Cc1ccc(C)cc1. The number of carbonyl (C=O) groups excluding carboxylic acids is 2. The van der Waals surface area contributed by atoms with Gasteiger partial charge in [0.25, 0.3) is 0 Å². The minimum absolute atomic E-state index is 0.0115. The summed E-state index contributed by atoms with van der Waals surface area (Å²) in [5.74, 6) is -0.827. The van der Waals surface area contributed by atoms with Crippen molar-refractivity contribution in [2.45, 2.75) is 59.2 Å². The molecule has 0 spiro atoms. The Labute approximate surface area is 166 Å². The van der Waals surface area contributed by atoms with Crippen LogP contribution in [0.5, 0.6) is 0 Å². The van der Waals surface area contributed by atoms with Crippen LogP contribution >= 0.6 is 0 Å². The lowest BCUT2D eigenvalue weighted by Gasteiger charge is -2.30. The predicted molar refractivity (Wildman–Crippen MR) is 109 cm³/mol. The summed E-state index contributed by atoms with van der Waals surface area (Å²) < 4.78 is 14.2. The first-order valence-corrected chi connectivity index (χ1v) is 9.70. The van der Waals surface area contributed by atoms with E-state index in [1.165, 1.54) is 11.0 Å². The molecule has 0 fully saturated rings. The van der Waals surface area contributed by atoms with Crippen molar-refractivity contribution in [3.8, 4) is 0 Å². The maximum absolute atomic E-state index is 14.2. The molecule has 2 amide bonds. The Balaban J connectivity index is 2.23. The van der Waals surface area contributed by atoms with E-state index in [1.54, 1.807) is 25.1 Å². The van der Waals surface area contributed by atoms with Crippen LogP contribution in [0.2, 0.25) is 0 Å². The van der Waals surface area contributed by atoms with Gasteiger partial charge in [-0.25, -0.2) is 4.39 Å². The van der Waals surface area contributed by atoms with Crippen LogP contribution in [-0.2, 0) is 22.6 Å². The summed E-state index contributed by atoms with van der Waals surface area (Å²) in [6.45, 7) is 7.62. The lowest BCUT2D eigenvalue weighted by Crippen LogP contribution is -2.50. The van der Waals surface area contributed by atoms with E-state index in [1.807, 2.05) is 45.0 Å². The van der Waals surface area contributed by atoms with Crippen LogP contribution in [0.15, 0.2) is 48.5 Å². The quantitative estimate of drug-likeness (QED) is 0.748. The van der Waals surface area contributed by atoms with Crippen molar-refractivity contribution >= 4 is 11.8 Å². The molecule has 2 rings (SSSR count). The molecule has 2 unspecified atom stereocenters. The number of rotatable bonds is 8. The van der Waals surface area contributed by atoms with Gasteiger partial charge in [-0.2, -0.15) is 0 Å². The van der Waals surface area contributed by atoms with E-state index in [-0.39, 0.29) is 36.6 Å². The van der Waals surface area contributed by atoms with Crippen LogP contribution in [0, 0.1) is 12.7 Å². The summed E-state index contributed by atoms with van der Waals surface area (Å²) in [5, 5.41) is 2.91. The van der Waals surface area contributed by atoms with Crippen molar-refractivity contribution in [1.29, 1.82) is 0 Å². The first kappa shape index (κ1) is 21.6. The van der Waals surface area contributed by atoms with Gasteiger partial charge in [-0.15, -0.1) is 0 Å². The number of amides is 2. The standard InChI is InChI=1S/C23H29FN2O2/c1-5-17(3)25-23(28)18(4)26(15-20-8-6-7-9-21(20)24)22(27)14-19-12-10-16(2)11-13-19/h6-13,17-18H,5,14-15H2,1-4H3,(H,25,28). The third kappa shape index (κ3) is 5.91. The molecule has 0 saturated heterocycles. The molecule has 2 atom stereocenters. The molecule has 0 radical (unpaired) electrons. The van der Waals surface area contributed by atoms with Gasteiger partial charge in [-0.05, 0) is 38.8 Å². The van der Waals surface area contributed by atoms with E-state index in [9.17, 15) is 14.0 Å². The molecular weight excluding hydrogens is 355 g/mol. The van der Waals surface area contributed by atoms with Crippen molar-refractivity contribution in [3.63, 3.8) is 0 Å². The van der Waals surface area contributed by atoms with Gasteiger partial charge in [0.05, 0.1) is 6.42 Å². The Kier molecular flexibility index (Phi) is 7.73. The Morgan fingerprint density at radius 1 is 1.07 bits per heavy atom. The Morgan fingerprint density at radius 3 is 2.32 bits per heavy atom. The predicted octanol–water partition coefficient (Wildman–Crippen LogP) is 4.01. The first-order chi connectivity index (χ1) is 13.3. The molecule has 150 valence electrons. The summed E-state index contributed by atoms with van der Waals surface area (Å²) in [7, 11) is 0. The second-order valence-corrected chi connectivity index (χ2v) is 7.27. The second kappa shape index (κ2) is 10.0. The highest BCUT2D eigenvalue weighted by atomic mass is 19.1. The highest BCUT2D eigenvalue weighted by Gasteiger charge is 2.27. The van der Waals surface area contributed by atoms with Gasteiger partial charge in [0.1, 0.15) is 11.9 Å². The molecule has 1 N–H and O–H groups in total. The fourth-order valence-corrected chi connectivity index (χ4v) is 2.84. The molecule has 0 heterocycles. The lowest BCUT2D eigenvalue weighted by atomic mass is 10.1. The smallest absolute Gasteiger partial charge is 0.242 e. The van der Waals surface area contributed by atoms with Gasteiger partial charge >= 0.3 is 0 Å². The summed E-state index contributed by atoms with van der Waals surface area (Å²) in [5.41, 5.74) is 2.37. The second-order valence-electron chi connectivity index (χ2n) is 7.27. The first-order valence-electron chi connectivity index (χ1n) is 9.70. The van der Waals surface area contributed by atoms with Crippen LogP contribution in [0.3, 0.4) is 0 Å². The van der Waals surface area contributed by atoms with Gasteiger partial charge in [-0.1, -0.05) is 55.0 Å². The lowest BCUT2D eigenvalue weighted by molar-refractivity contribution is -0.140. The summed E-state index contributed by atoms with van der Waals surface area (Å²) >= 11 is 0. The molecule has 0 aliphatic heterocycles. The minimum Gasteiger partial charge on any atom is -0.352 e. The van der Waals surface area contributed by atoms with E-state index >= 15 is 0 Å². The molecule has 0 saturated carbocycles. The van der Waals surface area contributed by atoms with Crippen LogP contribution in [0.25, 0.3) is 0 Å². The molecule has 0 aromatic heterocycles. The Morgan fingerprint density at radius 2 is 1.71 bits per heavy atom. The molecule has 5 heteroatoms. The average molecular weight is 384 g/mol. The van der Waals surface area contributed by atoms with Crippen molar-refractivity contribution in [2.24, 2.45) is 0 Å². The highest BCUT2D eigenvalue weighted by Crippen LogP contribution is 2.15. The average Bonchev–Trinajstić information content (AvgIpc) is 2.68. The number of hydrogen-bond acceptors (Lipinski definition) is 2. The zero-order chi connectivity index (χ0) is 20.7. The number of nitrogens with zero attached hydrogens (tertiary/aromatic N) is 1. The normalized spacial score (nSPS) is 12.9. The Bertz CT molecular complexity index is 805. The van der Waals surface area contributed by atoms with Crippen LogP contribution < -0.4 is 5.32 Å². The number of nitrogens with one attached hydrogen (secondary N) is 1. The fourth-order valence-electron chi connectivity index (χ4n) is 2.84. The Hall–Kier alpha value is -2.69. The van der Waals surface area contributed by atoms with Gasteiger partial charge < -0.3 is 10.2 Å². The highest BCUT2D eigenvalue weighted by molar-refractivity contribution is 5.88. The van der Waals surface area contributed by atoms with Crippen molar-refractivity contribution in [2.75, 3.05) is 0 Å². The van der Waals surface area contributed by atoms with E-state index < -0.39 is 6.04 Å². The van der Waals surface area contributed by atoms with Gasteiger partial charge in [-0.3, -0.25) is 9.59 Å². The minimum atomic E-state index is -0.702. The number of carbonyl (C=O) groups is 2. The van der Waals surface area contributed by atoms with E-state index in [0.717, 1.165) is 17.5 Å². The van der Waals surface area contributed by atoms with Gasteiger partial charge in [0, 0.05) is 18.2 Å². The van der Waals surface area contributed by atoms with Crippen molar-refractivity contribution in [1.82, 2.24) is 10.2 Å². The number of hydrogen-bond donors (Lipinski definition) is 1. The third-order valence-corrected chi connectivity index (χ3v) is 4.94. The van der Waals surface area contributed by atoms with Crippen molar-refractivity contribution in [3.05, 3.63) is 71.0 Å². The molecule has 0 aliphatic carbocycles. The number of halogens is 1. The zero-order valence-corrected chi connectivity index (χ0v) is 17.0. The van der Waals surface area contributed by atoms with Crippen LogP contribution in [-0.4, -0.2) is 28.8 Å². The summed E-state index contributed by atoms with van der Waals surface area (Å²) in [6.07, 6.45) is 0.957. The largest absolute Gasteiger partial charge is 0.352 e. The van der Waals surface area contributed by atoms with Crippen LogP contribution in [0.4, 0.5) is 4.39 Å².